The van der Waals surface area contributed by atoms with Crippen LogP contribution in [0.4, 0.5) is 5.69 Å². The highest BCUT2D eigenvalue weighted by molar-refractivity contribution is 6.02. The largest absolute Gasteiger partial charge is 0.347 e. The molecule has 1 aromatic rings. The van der Waals surface area contributed by atoms with Crippen LogP contribution >= 0.6 is 0 Å². The highest BCUT2D eigenvalue weighted by Crippen LogP contribution is 2.23. The molecule has 0 saturated heterocycles. The SMILES string of the molecule is CN(C)C(=O)CNC(=O)c1ccc2c(c1)NC(=O)C2. The Hall–Kier alpha value is -2.37. The van der Waals surface area contributed by atoms with Crippen LogP contribution in [0.2, 0.25) is 0 Å². The maximum atomic E-state index is 11.9. The monoisotopic (exact) mass is 261 g/mol. The fourth-order valence-electron chi connectivity index (χ4n) is 1.77. The van der Waals surface area contributed by atoms with Gasteiger partial charge in [-0.05, 0) is 17.7 Å². The summed E-state index contributed by atoms with van der Waals surface area (Å²) in [5.74, 6) is -0.586. The number of hydrogen-bond acceptors (Lipinski definition) is 3. The van der Waals surface area contributed by atoms with Crippen molar-refractivity contribution in [2.45, 2.75) is 6.42 Å². The molecule has 0 fully saturated rings. The Labute approximate surface area is 110 Å². The summed E-state index contributed by atoms with van der Waals surface area (Å²) in [4.78, 5) is 35.8. The summed E-state index contributed by atoms with van der Waals surface area (Å²) in [5.41, 5.74) is 1.97. The van der Waals surface area contributed by atoms with E-state index in [-0.39, 0.29) is 24.3 Å². The average molecular weight is 261 g/mol. The topological polar surface area (TPSA) is 78.5 Å². The van der Waals surface area contributed by atoms with E-state index in [1.807, 2.05) is 0 Å². The van der Waals surface area contributed by atoms with Gasteiger partial charge in [0.1, 0.15) is 0 Å². The Bertz CT molecular complexity index is 552. The van der Waals surface area contributed by atoms with E-state index in [1.54, 1.807) is 32.3 Å². The van der Waals surface area contributed by atoms with Crippen molar-refractivity contribution in [1.82, 2.24) is 10.2 Å². The van der Waals surface area contributed by atoms with Gasteiger partial charge in [-0.2, -0.15) is 0 Å². The Balaban J connectivity index is 2.03. The predicted molar refractivity (Wildman–Crippen MR) is 69.8 cm³/mol. The maximum Gasteiger partial charge on any atom is 0.251 e. The summed E-state index contributed by atoms with van der Waals surface area (Å²) in [6.45, 7) is -0.0464. The molecule has 0 spiro atoms. The van der Waals surface area contributed by atoms with Crippen LogP contribution in [0.15, 0.2) is 18.2 Å². The fourth-order valence-corrected chi connectivity index (χ4v) is 1.77. The zero-order valence-electron chi connectivity index (χ0n) is 10.8. The number of nitrogens with one attached hydrogen (secondary N) is 2. The standard InChI is InChI=1S/C13H15N3O3/c1-16(2)12(18)7-14-13(19)9-4-3-8-6-11(17)15-10(8)5-9/h3-5H,6-7H2,1-2H3,(H,14,19)(H,15,17). The number of rotatable bonds is 3. The van der Waals surface area contributed by atoms with Gasteiger partial charge < -0.3 is 15.5 Å². The number of nitrogens with zero attached hydrogens (tertiary/aromatic N) is 1. The second kappa shape index (κ2) is 5.09. The third-order valence-electron chi connectivity index (χ3n) is 2.90. The Kier molecular flexibility index (Phi) is 3.50. The molecule has 0 aromatic heterocycles. The van der Waals surface area contributed by atoms with Gasteiger partial charge >= 0.3 is 0 Å². The van der Waals surface area contributed by atoms with Gasteiger partial charge in [0.25, 0.3) is 5.91 Å². The quantitative estimate of drug-likeness (QED) is 0.804. The van der Waals surface area contributed by atoms with Crippen molar-refractivity contribution in [2.75, 3.05) is 26.0 Å². The van der Waals surface area contributed by atoms with Crippen molar-refractivity contribution in [3.63, 3.8) is 0 Å². The van der Waals surface area contributed by atoms with Crippen molar-refractivity contribution < 1.29 is 14.4 Å². The van der Waals surface area contributed by atoms with Gasteiger partial charge in [0.15, 0.2) is 0 Å². The smallest absolute Gasteiger partial charge is 0.251 e. The molecule has 2 rings (SSSR count). The molecule has 19 heavy (non-hydrogen) atoms. The molecule has 1 aliphatic rings. The van der Waals surface area contributed by atoms with Crippen molar-refractivity contribution in [2.24, 2.45) is 0 Å². The maximum absolute atomic E-state index is 11.9. The fraction of sp³-hybridized carbons (Fsp3) is 0.308. The minimum Gasteiger partial charge on any atom is -0.347 e. The predicted octanol–water partition coefficient (Wildman–Crippen LogP) is -0.000800. The van der Waals surface area contributed by atoms with E-state index in [0.29, 0.717) is 17.7 Å². The molecule has 0 saturated carbocycles. The molecule has 0 bridgehead atoms. The molecule has 0 unspecified atom stereocenters. The van der Waals surface area contributed by atoms with E-state index in [4.69, 9.17) is 0 Å². The Morgan fingerprint density at radius 2 is 2.11 bits per heavy atom. The number of benzene rings is 1. The van der Waals surface area contributed by atoms with Crippen molar-refractivity contribution in [3.05, 3.63) is 29.3 Å². The molecule has 1 aliphatic heterocycles. The van der Waals surface area contributed by atoms with Crippen LogP contribution in [0, 0.1) is 0 Å². The number of carbonyl (C=O) groups is 3. The van der Waals surface area contributed by atoms with Crippen LogP contribution in [0.25, 0.3) is 0 Å². The van der Waals surface area contributed by atoms with Crippen LogP contribution < -0.4 is 10.6 Å². The van der Waals surface area contributed by atoms with E-state index in [0.717, 1.165) is 5.56 Å². The lowest BCUT2D eigenvalue weighted by molar-refractivity contribution is -0.127. The normalized spacial score (nSPS) is 12.6. The lowest BCUT2D eigenvalue weighted by atomic mass is 10.1. The molecular formula is C13H15N3O3. The molecule has 6 nitrogen and oxygen atoms in total. The number of hydrogen-bond donors (Lipinski definition) is 2. The van der Waals surface area contributed by atoms with E-state index in [2.05, 4.69) is 10.6 Å². The minimum atomic E-state index is -0.334. The van der Waals surface area contributed by atoms with E-state index >= 15 is 0 Å². The first-order chi connectivity index (χ1) is 8.97. The van der Waals surface area contributed by atoms with Gasteiger partial charge in [0, 0.05) is 25.3 Å². The zero-order valence-corrected chi connectivity index (χ0v) is 10.8. The summed E-state index contributed by atoms with van der Waals surface area (Å²) >= 11 is 0. The highest BCUT2D eigenvalue weighted by atomic mass is 16.2. The lowest BCUT2D eigenvalue weighted by Gasteiger charge is -2.11. The van der Waals surface area contributed by atoms with E-state index in [9.17, 15) is 14.4 Å². The molecule has 1 heterocycles. The van der Waals surface area contributed by atoms with Crippen molar-refractivity contribution in [3.8, 4) is 0 Å². The molecular weight excluding hydrogens is 246 g/mol. The van der Waals surface area contributed by atoms with Crippen molar-refractivity contribution in [1.29, 1.82) is 0 Å². The molecule has 1 aromatic carbocycles. The molecule has 6 heteroatoms. The molecule has 3 amide bonds. The summed E-state index contributed by atoms with van der Waals surface area (Å²) in [6, 6.07) is 5.01. The van der Waals surface area contributed by atoms with E-state index in [1.165, 1.54) is 4.90 Å². The van der Waals surface area contributed by atoms with Crippen molar-refractivity contribution >= 4 is 23.4 Å². The molecule has 0 radical (unpaired) electrons. The van der Waals surface area contributed by atoms with Crippen LogP contribution in [0.3, 0.4) is 0 Å². The summed E-state index contributed by atoms with van der Waals surface area (Å²) in [7, 11) is 3.25. The Morgan fingerprint density at radius 1 is 1.37 bits per heavy atom. The van der Waals surface area contributed by atoms with Gasteiger partial charge in [0.05, 0.1) is 13.0 Å². The van der Waals surface area contributed by atoms with E-state index < -0.39 is 0 Å². The summed E-state index contributed by atoms with van der Waals surface area (Å²) in [5, 5.41) is 5.22. The van der Waals surface area contributed by atoms with Crippen LogP contribution in [0.5, 0.6) is 0 Å². The second-order valence-corrected chi connectivity index (χ2v) is 4.57. The number of amides is 3. The van der Waals surface area contributed by atoms with Gasteiger partial charge in [-0.3, -0.25) is 14.4 Å². The third-order valence-corrected chi connectivity index (χ3v) is 2.90. The second-order valence-electron chi connectivity index (χ2n) is 4.57. The van der Waals surface area contributed by atoms with Gasteiger partial charge in [-0.25, -0.2) is 0 Å². The number of likely N-dealkylation sites (N-methyl/N-ethyl adjacent to an activating group) is 1. The lowest BCUT2D eigenvalue weighted by Crippen LogP contribution is -2.36. The summed E-state index contributed by atoms with van der Waals surface area (Å²) in [6.07, 6.45) is 0.344. The van der Waals surface area contributed by atoms with Gasteiger partial charge in [0.2, 0.25) is 11.8 Å². The molecule has 100 valence electrons. The molecule has 2 N–H and O–H groups in total. The highest BCUT2D eigenvalue weighted by Gasteiger charge is 2.19. The third kappa shape index (κ3) is 2.90. The number of carbonyl (C=O) groups excluding carboxylic acids is 3. The molecule has 0 atom stereocenters. The first-order valence-corrected chi connectivity index (χ1v) is 5.88. The van der Waals surface area contributed by atoms with Crippen LogP contribution in [-0.4, -0.2) is 43.3 Å². The van der Waals surface area contributed by atoms with Crippen LogP contribution in [-0.2, 0) is 16.0 Å². The molecule has 0 aliphatic carbocycles. The number of anilines is 1. The van der Waals surface area contributed by atoms with Crippen LogP contribution in [0.1, 0.15) is 15.9 Å². The first-order valence-electron chi connectivity index (χ1n) is 5.88. The Morgan fingerprint density at radius 3 is 2.79 bits per heavy atom. The van der Waals surface area contributed by atoms with Gasteiger partial charge in [-0.15, -0.1) is 0 Å². The number of fused-ring (bicyclic) bond motifs is 1. The van der Waals surface area contributed by atoms with Gasteiger partial charge in [-0.1, -0.05) is 6.07 Å². The average Bonchev–Trinajstić information content (AvgIpc) is 2.74. The zero-order chi connectivity index (χ0) is 14.0. The summed E-state index contributed by atoms with van der Waals surface area (Å²) < 4.78 is 0. The minimum absolute atomic E-state index is 0.0464. The first kappa shape index (κ1) is 13.1.